The van der Waals surface area contributed by atoms with Crippen molar-refractivity contribution in [1.82, 2.24) is 9.97 Å². The maximum atomic E-state index is 11.5. The van der Waals surface area contributed by atoms with Gasteiger partial charge in [0.2, 0.25) is 12.6 Å². The van der Waals surface area contributed by atoms with Gasteiger partial charge in [-0.15, -0.1) is 0 Å². The van der Waals surface area contributed by atoms with Crippen LogP contribution in [0.5, 0.6) is 0 Å². The van der Waals surface area contributed by atoms with E-state index in [2.05, 4.69) is 9.97 Å². The lowest BCUT2D eigenvalue weighted by Gasteiger charge is -2.11. The molecule has 0 spiro atoms. The van der Waals surface area contributed by atoms with Crippen LogP contribution in [0, 0.1) is 0 Å². The lowest BCUT2D eigenvalue weighted by atomic mass is 10.1. The summed E-state index contributed by atoms with van der Waals surface area (Å²) in [5, 5.41) is 28.1. The van der Waals surface area contributed by atoms with Gasteiger partial charge in [-0.05, 0) is 0 Å². The van der Waals surface area contributed by atoms with Gasteiger partial charge in [0.15, 0.2) is 0 Å². The maximum Gasteiger partial charge on any atom is 0.446 e. The Morgan fingerprint density at radius 3 is 2.76 bits per heavy atom. The van der Waals surface area contributed by atoms with Gasteiger partial charge in [0.25, 0.3) is 0 Å². The highest BCUT2D eigenvalue weighted by molar-refractivity contribution is 5.07. The molecule has 0 aromatic carbocycles. The molecule has 0 radical (unpaired) electrons. The van der Waals surface area contributed by atoms with E-state index in [-0.39, 0.29) is 5.95 Å². The second-order valence-corrected chi connectivity index (χ2v) is 3.70. The Kier molecular flexibility index (Phi) is 3.07. The van der Waals surface area contributed by atoms with Gasteiger partial charge in [0.05, 0.1) is 6.61 Å². The number of rotatable bonds is 2. The molecule has 0 bridgehead atoms. The largest absolute Gasteiger partial charge is 0.446 e. The first-order valence-electron chi connectivity index (χ1n) is 4.93. The van der Waals surface area contributed by atoms with Crippen LogP contribution in [-0.2, 0) is 4.74 Å². The number of anilines is 1. The number of nitrogens with two attached hydrogens (primary N) is 1. The highest BCUT2D eigenvalue weighted by atomic mass is 16.6. The summed E-state index contributed by atoms with van der Waals surface area (Å²) in [6, 6.07) is 0. The van der Waals surface area contributed by atoms with Crippen molar-refractivity contribution in [2.45, 2.75) is 24.5 Å². The molecular weight excluding hydrogens is 232 g/mol. The molecule has 2 rings (SSSR count). The molecule has 9 heteroatoms. The first-order chi connectivity index (χ1) is 8.04. The fourth-order valence-electron chi connectivity index (χ4n) is 1.67. The monoisotopic (exact) mass is 245 g/mol. The van der Waals surface area contributed by atoms with Crippen molar-refractivity contribution in [3.05, 3.63) is 16.8 Å². The van der Waals surface area contributed by atoms with Crippen LogP contribution in [0.15, 0.2) is 11.1 Å². The Morgan fingerprint density at radius 2 is 2.24 bits per heavy atom. The van der Waals surface area contributed by atoms with Crippen molar-refractivity contribution >= 4 is 5.95 Å². The number of aromatic nitrogens is 3. The molecule has 94 valence electrons. The maximum absolute atomic E-state index is 11.5. The number of hydrogen-bond acceptors (Lipinski definition) is 7. The number of aromatic amines is 1. The van der Waals surface area contributed by atoms with Gasteiger partial charge in [-0.1, -0.05) is 4.98 Å². The van der Waals surface area contributed by atoms with Crippen molar-refractivity contribution in [2.75, 3.05) is 12.3 Å². The molecule has 9 nitrogen and oxygen atoms in total. The summed E-state index contributed by atoms with van der Waals surface area (Å²) in [6.07, 6.45) is -3.56. The molecule has 1 aliphatic heterocycles. The van der Waals surface area contributed by atoms with E-state index in [0.29, 0.717) is 0 Å². The lowest BCUT2D eigenvalue weighted by molar-refractivity contribution is -0.782. The molecule has 1 fully saturated rings. The van der Waals surface area contributed by atoms with Crippen LogP contribution in [0.25, 0.3) is 0 Å². The van der Waals surface area contributed by atoms with Crippen LogP contribution in [0.1, 0.15) is 6.23 Å². The molecule has 0 saturated carbocycles. The molecule has 1 aromatic rings. The third-order valence-corrected chi connectivity index (χ3v) is 2.58. The highest BCUT2D eigenvalue weighted by Crippen LogP contribution is 2.24. The summed E-state index contributed by atoms with van der Waals surface area (Å²) in [7, 11) is 0. The third-order valence-electron chi connectivity index (χ3n) is 2.58. The summed E-state index contributed by atoms with van der Waals surface area (Å²) in [5.41, 5.74) is 4.64. The van der Waals surface area contributed by atoms with E-state index in [9.17, 15) is 15.0 Å². The van der Waals surface area contributed by atoms with E-state index in [1.807, 2.05) is 0 Å². The summed E-state index contributed by atoms with van der Waals surface area (Å²) in [4.78, 5) is 17.4. The van der Waals surface area contributed by atoms with Gasteiger partial charge in [0.1, 0.15) is 18.3 Å². The number of H-pyrrole nitrogens is 1. The number of aliphatic hydroxyl groups excluding tert-OH is 3. The molecular formula is C8H13N4O5+. The molecule has 1 aliphatic rings. The minimum atomic E-state index is -1.33. The van der Waals surface area contributed by atoms with Crippen molar-refractivity contribution < 1.29 is 24.6 Å². The third kappa shape index (κ3) is 2.00. The smallest absolute Gasteiger partial charge is 0.394 e. The van der Waals surface area contributed by atoms with Gasteiger partial charge < -0.3 is 25.8 Å². The first-order valence-corrected chi connectivity index (χ1v) is 4.93. The van der Waals surface area contributed by atoms with E-state index in [4.69, 9.17) is 15.6 Å². The number of aliphatic hydroxyl groups is 3. The summed E-state index contributed by atoms with van der Waals surface area (Å²) in [5.74, 6) is -0.0713. The van der Waals surface area contributed by atoms with Crippen LogP contribution in [0.3, 0.4) is 0 Å². The van der Waals surface area contributed by atoms with Crippen LogP contribution < -0.4 is 16.0 Å². The Bertz CT molecular complexity index is 463. The van der Waals surface area contributed by atoms with Crippen LogP contribution in [-0.4, -0.2) is 50.2 Å². The summed E-state index contributed by atoms with van der Waals surface area (Å²) in [6.45, 7) is -0.463. The van der Waals surface area contributed by atoms with Crippen molar-refractivity contribution in [1.29, 1.82) is 0 Å². The zero-order chi connectivity index (χ0) is 12.6. The SMILES string of the molecule is Nc1nc[n+]([C@@H]2O[C@H](CO)C(O)[C@@H]2O)c(=O)[nH]1. The predicted octanol–water partition coefficient (Wildman–Crippen LogP) is -3.75. The Hall–Kier alpha value is -1.55. The number of nitrogens with zero attached hydrogens (tertiary/aromatic N) is 2. The molecule has 1 unspecified atom stereocenters. The second-order valence-electron chi connectivity index (χ2n) is 3.70. The van der Waals surface area contributed by atoms with Gasteiger partial charge >= 0.3 is 11.6 Å². The van der Waals surface area contributed by atoms with Crippen molar-refractivity contribution in [3.8, 4) is 0 Å². The fraction of sp³-hybridized carbons (Fsp3) is 0.625. The number of nitrogens with one attached hydrogen (secondary N) is 1. The molecule has 1 saturated heterocycles. The highest BCUT2D eigenvalue weighted by Gasteiger charge is 2.46. The Balaban J connectivity index is 2.32. The second kappa shape index (κ2) is 4.37. The molecule has 2 heterocycles. The summed E-state index contributed by atoms with van der Waals surface area (Å²) < 4.78 is 6.11. The predicted molar refractivity (Wildman–Crippen MR) is 52.5 cm³/mol. The Morgan fingerprint density at radius 1 is 1.53 bits per heavy atom. The number of hydrogen-bond donors (Lipinski definition) is 5. The van der Waals surface area contributed by atoms with Crippen LogP contribution >= 0.6 is 0 Å². The topological polar surface area (TPSA) is 146 Å². The standard InChI is InChI=1S/C8H12N4O5/c9-7-10-2-12(8(16)11-7)6-5(15)4(14)3(1-13)17-6/h2-6,13-15H,1H2,(H2,9,11,16)/p+1/t3-,4?,5+,6-/m1/s1. The molecule has 1 aromatic heterocycles. The zero-order valence-corrected chi connectivity index (χ0v) is 8.72. The number of nitrogen functional groups attached to an aromatic ring is 1. The average Bonchev–Trinajstić information content (AvgIpc) is 2.57. The van der Waals surface area contributed by atoms with E-state index in [1.165, 1.54) is 0 Å². The van der Waals surface area contributed by atoms with Crippen molar-refractivity contribution in [3.63, 3.8) is 0 Å². The Labute approximate surface area is 95.1 Å². The van der Waals surface area contributed by atoms with Gasteiger partial charge in [-0.3, -0.25) is 0 Å². The van der Waals surface area contributed by atoms with Gasteiger partial charge in [-0.2, -0.15) is 9.55 Å². The van der Waals surface area contributed by atoms with E-state index in [0.717, 1.165) is 10.9 Å². The number of ether oxygens (including phenoxy) is 1. The summed E-state index contributed by atoms with van der Waals surface area (Å²) >= 11 is 0. The molecule has 6 N–H and O–H groups in total. The van der Waals surface area contributed by atoms with E-state index < -0.39 is 36.8 Å². The van der Waals surface area contributed by atoms with Crippen LogP contribution in [0.2, 0.25) is 0 Å². The van der Waals surface area contributed by atoms with E-state index in [1.54, 1.807) is 0 Å². The minimum Gasteiger partial charge on any atom is -0.394 e. The first kappa shape index (κ1) is 11.9. The van der Waals surface area contributed by atoms with Gasteiger partial charge in [-0.25, -0.2) is 4.79 Å². The molecule has 0 amide bonds. The molecule has 4 atom stereocenters. The molecule has 0 aliphatic carbocycles. The fourth-order valence-corrected chi connectivity index (χ4v) is 1.67. The minimum absolute atomic E-state index is 0.0713. The zero-order valence-electron chi connectivity index (χ0n) is 8.72. The average molecular weight is 245 g/mol. The van der Waals surface area contributed by atoms with Crippen LogP contribution in [0.4, 0.5) is 5.95 Å². The lowest BCUT2D eigenvalue weighted by Crippen LogP contribution is -2.58. The van der Waals surface area contributed by atoms with E-state index >= 15 is 0 Å². The van der Waals surface area contributed by atoms with Gasteiger partial charge in [0, 0.05) is 0 Å². The quantitative estimate of drug-likeness (QED) is 0.336. The van der Waals surface area contributed by atoms with Crippen molar-refractivity contribution in [2.24, 2.45) is 0 Å². The normalized spacial score (nSPS) is 32.9. The molecule has 17 heavy (non-hydrogen) atoms.